The van der Waals surface area contributed by atoms with Crippen LogP contribution in [0.2, 0.25) is 0 Å². The molecule has 4 aromatic rings. The third-order valence-corrected chi connectivity index (χ3v) is 6.84. The molecule has 0 unspecified atom stereocenters. The van der Waals surface area contributed by atoms with Crippen LogP contribution >= 0.6 is 0 Å². The largest absolute Gasteiger partial charge is 0.406 e. The Bertz CT molecular complexity index is 1390. The van der Waals surface area contributed by atoms with Gasteiger partial charge >= 0.3 is 6.18 Å². The van der Waals surface area contributed by atoms with Gasteiger partial charge in [0.05, 0.1) is 11.3 Å². The van der Waals surface area contributed by atoms with E-state index in [4.69, 9.17) is 5.73 Å². The van der Waals surface area contributed by atoms with Crippen LogP contribution in [0.1, 0.15) is 44.9 Å². The second kappa shape index (κ2) is 8.36. The van der Waals surface area contributed by atoms with Crippen molar-refractivity contribution in [2.75, 3.05) is 11.1 Å². The molecular formula is C23H27F3N8O. The maximum absolute atomic E-state index is 13.1. The van der Waals surface area contributed by atoms with Crippen LogP contribution < -0.4 is 11.1 Å². The van der Waals surface area contributed by atoms with Gasteiger partial charge in [0.2, 0.25) is 5.95 Å². The molecule has 9 nitrogen and oxygen atoms in total. The number of alkyl halides is 3. The molecule has 0 atom stereocenters. The number of aliphatic hydroxyl groups is 1. The fourth-order valence-electron chi connectivity index (χ4n) is 4.79. The van der Waals surface area contributed by atoms with Crippen molar-refractivity contribution in [2.24, 2.45) is 0 Å². The van der Waals surface area contributed by atoms with Crippen LogP contribution in [0.3, 0.4) is 0 Å². The average molecular weight is 489 g/mol. The number of anilines is 2. The molecule has 35 heavy (non-hydrogen) atoms. The molecule has 5 rings (SSSR count). The molecule has 4 aromatic heterocycles. The zero-order valence-electron chi connectivity index (χ0n) is 19.5. The molecule has 4 heterocycles. The number of halogens is 3. The number of pyridine rings is 1. The van der Waals surface area contributed by atoms with Gasteiger partial charge in [0.15, 0.2) is 11.5 Å². The average Bonchev–Trinajstić information content (AvgIpc) is 3.36. The number of rotatable bonds is 5. The third kappa shape index (κ3) is 4.49. The first-order valence-corrected chi connectivity index (χ1v) is 11.6. The molecule has 1 aliphatic carbocycles. The van der Waals surface area contributed by atoms with Crippen molar-refractivity contribution in [3.8, 4) is 11.3 Å². The van der Waals surface area contributed by atoms with Gasteiger partial charge in [-0.25, -0.2) is 14.5 Å². The Labute approximate surface area is 199 Å². The Morgan fingerprint density at radius 3 is 2.60 bits per heavy atom. The molecule has 186 valence electrons. The highest BCUT2D eigenvalue weighted by Crippen LogP contribution is 2.33. The van der Waals surface area contributed by atoms with Crippen molar-refractivity contribution in [3.05, 3.63) is 30.2 Å². The topological polar surface area (TPSA) is 119 Å². The van der Waals surface area contributed by atoms with Crippen LogP contribution in [0.5, 0.6) is 0 Å². The first-order valence-electron chi connectivity index (χ1n) is 11.6. The lowest BCUT2D eigenvalue weighted by molar-refractivity contribution is -0.140. The highest BCUT2D eigenvalue weighted by Gasteiger charge is 2.32. The molecule has 1 saturated carbocycles. The molecular weight excluding hydrogens is 461 g/mol. The number of nitrogens with one attached hydrogen (secondary N) is 1. The summed E-state index contributed by atoms with van der Waals surface area (Å²) in [6.07, 6.45) is 1.09. The van der Waals surface area contributed by atoms with Crippen LogP contribution in [0.15, 0.2) is 24.4 Å². The van der Waals surface area contributed by atoms with Crippen LogP contribution in [0.4, 0.5) is 24.9 Å². The van der Waals surface area contributed by atoms with Crippen LogP contribution in [0, 0.1) is 6.92 Å². The van der Waals surface area contributed by atoms with E-state index < -0.39 is 18.3 Å². The Hall–Kier alpha value is -3.41. The molecule has 12 heteroatoms. The van der Waals surface area contributed by atoms with Crippen LogP contribution in [-0.4, -0.2) is 52.1 Å². The van der Waals surface area contributed by atoms with Gasteiger partial charge in [-0.3, -0.25) is 0 Å². The minimum Gasteiger partial charge on any atom is -0.390 e. The molecule has 0 aromatic carbocycles. The maximum atomic E-state index is 13.1. The van der Waals surface area contributed by atoms with E-state index in [1.807, 2.05) is 6.92 Å². The monoisotopic (exact) mass is 488 g/mol. The lowest BCUT2D eigenvalue weighted by Crippen LogP contribution is -2.38. The Balaban J connectivity index is 1.45. The highest BCUT2D eigenvalue weighted by atomic mass is 19.4. The number of aryl methyl sites for hydroxylation is 1. The van der Waals surface area contributed by atoms with Crippen LogP contribution in [-0.2, 0) is 6.54 Å². The molecule has 0 saturated heterocycles. The zero-order valence-corrected chi connectivity index (χ0v) is 19.5. The molecule has 4 N–H and O–H groups in total. The van der Waals surface area contributed by atoms with Gasteiger partial charge in [0.25, 0.3) is 0 Å². The summed E-state index contributed by atoms with van der Waals surface area (Å²) < 4.78 is 41.9. The molecule has 0 amide bonds. The summed E-state index contributed by atoms with van der Waals surface area (Å²) >= 11 is 0. The molecule has 0 bridgehead atoms. The third-order valence-electron chi connectivity index (χ3n) is 6.84. The van der Waals surface area contributed by atoms with Crippen molar-refractivity contribution in [1.29, 1.82) is 0 Å². The number of imidazole rings is 1. The van der Waals surface area contributed by atoms with Gasteiger partial charge in [-0.1, -0.05) is 6.92 Å². The lowest BCUT2D eigenvalue weighted by atomic mass is 9.80. The Morgan fingerprint density at radius 1 is 1.17 bits per heavy atom. The fraction of sp³-hybridized carbons (Fsp3) is 0.478. The first-order chi connectivity index (χ1) is 16.5. The smallest absolute Gasteiger partial charge is 0.390 e. The molecule has 0 radical (unpaired) electrons. The second-order valence-corrected chi connectivity index (χ2v) is 9.24. The fourth-order valence-corrected chi connectivity index (χ4v) is 4.79. The molecule has 0 spiro atoms. The highest BCUT2D eigenvalue weighted by molar-refractivity contribution is 5.88. The van der Waals surface area contributed by atoms with E-state index in [9.17, 15) is 18.3 Å². The molecule has 1 fully saturated rings. The number of nitrogen functional groups attached to an aromatic ring is 1. The summed E-state index contributed by atoms with van der Waals surface area (Å²) in [5, 5.41) is 18.3. The summed E-state index contributed by atoms with van der Waals surface area (Å²) in [4.78, 5) is 13.1. The predicted octanol–water partition coefficient (Wildman–Crippen LogP) is 4.09. The van der Waals surface area contributed by atoms with Gasteiger partial charge in [-0.2, -0.15) is 18.2 Å². The zero-order chi connectivity index (χ0) is 25.0. The minimum atomic E-state index is -4.39. The number of nitrogens with two attached hydrogens (primary N) is 1. The lowest BCUT2D eigenvalue weighted by Gasteiger charge is -2.35. The standard InChI is InChI=1S/C23H27F3N8O/c1-3-22(35)9-6-14(7-10-22)29-21-31-19(27)18-15(8-11-34(18)32-21)16-4-5-17-20(30-16)33(13(2)28-17)12-23(24,25)26/h4-5,8,11,14,35H,3,6-7,9-10,12H2,1-2H3,(H3,27,29,31,32). The summed E-state index contributed by atoms with van der Waals surface area (Å²) in [5.41, 5.74) is 7.81. The quantitative estimate of drug-likeness (QED) is 0.387. The summed E-state index contributed by atoms with van der Waals surface area (Å²) in [6.45, 7) is 2.35. The number of hydrogen-bond acceptors (Lipinski definition) is 7. The predicted molar refractivity (Wildman–Crippen MR) is 126 cm³/mol. The van der Waals surface area contributed by atoms with E-state index in [-0.39, 0.29) is 23.3 Å². The number of nitrogens with zero attached hydrogens (tertiary/aromatic N) is 6. The van der Waals surface area contributed by atoms with E-state index in [0.717, 1.165) is 23.8 Å². The van der Waals surface area contributed by atoms with Gasteiger partial charge in [-0.15, -0.1) is 5.10 Å². The first kappa shape index (κ1) is 23.3. The number of hydrogen-bond donors (Lipinski definition) is 3. The normalized spacial score (nSPS) is 21.1. The van der Waals surface area contributed by atoms with E-state index in [1.54, 1.807) is 28.9 Å². The SMILES string of the molecule is CCC1(O)CCC(Nc2nc(N)c3c(-c4ccc5nc(C)n(CC(F)(F)F)c5n4)ccn3n2)CC1. The summed E-state index contributed by atoms with van der Waals surface area (Å²) in [6, 6.07) is 5.24. The summed E-state index contributed by atoms with van der Waals surface area (Å²) in [7, 11) is 0. The van der Waals surface area contributed by atoms with Gasteiger partial charge in [0, 0.05) is 17.8 Å². The van der Waals surface area contributed by atoms with Crippen molar-refractivity contribution >= 4 is 28.4 Å². The minimum absolute atomic E-state index is 0.134. The van der Waals surface area contributed by atoms with Crippen molar-refractivity contribution < 1.29 is 18.3 Å². The van der Waals surface area contributed by atoms with Crippen LogP contribution in [0.25, 0.3) is 27.9 Å². The van der Waals surface area contributed by atoms with Gasteiger partial charge in [-0.05, 0) is 57.2 Å². The Morgan fingerprint density at radius 2 is 1.91 bits per heavy atom. The van der Waals surface area contributed by atoms with Gasteiger partial charge in [0.1, 0.15) is 23.4 Å². The molecule has 1 aliphatic rings. The maximum Gasteiger partial charge on any atom is 0.406 e. The number of fused-ring (bicyclic) bond motifs is 2. The Kier molecular flexibility index (Phi) is 5.58. The van der Waals surface area contributed by atoms with E-state index in [0.29, 0.717) is 41.1 Å². The van der Waals surface area contributed by atoms with E-state index in [1.165, 1.54) is 6.92 Å². The second-order valence-electron chi connectivity index (χ2n) is 9.24. The van der Waals surface area contributed by atoms with E-state index >= 15 is 0 Å². The van der Waals surface area contributed by atoms with Crippen molar-refractivity contribution in [3.63, 3.8) is 0 Å². The van der Waals surface area contributed by atoms with Gasteiger partial charge < -0.3 is 20.7 Å². The van der Waals surface area contributed by atoms with E-state index in [2.05, 4.69) is 25.4 Å². The molecule has 0 aliphatic heterocycles. The summed E-state index contributed by atoms with van der Waals surface area (Å²) in [5.74, 6) is 0.846. The van der Waals surface area contributed by atoms with Crippen molar-refractivity contribution in [1.82, 2.24) is 29.1 Å². The van der Waals surface area contributed by atoms with Crippen molar-refractivity contribution in [2.45, 2.75) is 70.3 Å². The number of aromatic nitrogens is 6.